The molecule has 1 aromatic carbocycles. The molecule has 2 heterocycles. The molecule has 0 atom stereocenters. The lowest BCUT2D eigenvalue weighted by Crippen LogP contribution is -2.28. The summed E-state index contributed by atoms with van der Waals surface area (Å²) in [5.41, 5.74) is -0.806. The number of hydrogen-bond donors (Lipinski definition) is 1. The van der Waals surface area contributed by atoms with E-state index in [2.05, 4.69) is 10.3 Å². The number of likely N-dealkylation sites (tertiary alicyclic amines) is 1. The second-order valence-electron chi connectivity index (χ2n) is 6.11. The van der Waals surface area contributed by atoms with Gasteiger partial charge in [-0.05, 0) is 37.1 Å². The van der Waals surface area contributed by atoms with E-state index in [9.17, 15) is 22.8 Å². The first-order valence-corrected chi connectivity index (χ1v) is 8.56. The van der Waals surface area contributed by atoms with Gasteiger partial charge in [-0.2, -0.15) is 13.2 Å². The molecular formula is C18H15ClF3N3O2. The number of alkyl halides is 3. The molecular weight excluding hydrogens is 383 g/mol. The number of halogens is 4. The predicted molar refractivity (Wildman–Crippen MR) is 93.8 cm³/mol. The Morgan fingerprint density at radius 2 is 1.74 bits per heavy atom. The first-order chi connectivity index (χ1) is 12.8. The van der Waals surface area contributed by atoms with Gasteiger partial charge in [0.15, 0.2) is 0 Å². The molecule has 0 saturated carbocycles. The normalized spacial score (nSPS) is 14.3. The molecule has 5 nitrogen and oxygen atoms in total. The highest BCUT2D eigenvalue weighted by Gasteiger charge is 2.31. The van der Waals surface area contributed by atoms with Gasteiger partial charge in [0, 0.05) is 25.5 Å². The highest BCUT2D eigenvalue weighted by Crippen LogP contribution is 2.34. The number of carbonyl (C=O) groups is 2. The van der Waals surface area contributed by atoms with Gasteiger partial charge < -0.3 is 10.2 Å². The number of nitrogens with one attached hydrogen (secondary N) is 1. The van der Waals surface area contributed by atoms with Crippen LogP contribution in [0.4, 0.5) is 18.9 Å². The molecule has 9 heteroatoms. The van der Waals surface area contributed by atoms with Crippen molar-refractivity contribution >= 4 is 29.1 Å². The molecule has 1 aliphatic heterocycles. The zero-order valence-electron chi connectivity index (χ0n) is 14.0. The lowest BCUT2D eigenvalue weighted by atomic mass is 10.1. The third-order valence-electron chi connectivity index (χ3n) is 4.18. The molecule has 0 spiro atoms. The fourth-order valence-corrected chi connectivity index (χ4v) is 2.94. The predicted octanol–water partition coefficient (Wildman–Crippen LogP) is 4.24. The van der Waals surface area contributed by atoms with Crippen molar-refractivity contribution in [3.8, 4) is 0 Å². The van der Waals surface area contributed by atoms with Crippen molar-refractivity contribution in [3.05, 3.63) is 58.4 Å². The smallest absolute Gasteiger partial charge is 0.339 e. The second kappa shape index (κ2) is 7.56. The Kier molecular flexibility index (Phi) is 5.36. The summed E-state index contributed by atoms with van der Waals surface area (Å²) in [4.78, 5) is 30.4. The van der Waals surface area contributed by atoms with Crippen LogP contribution in [0.2, 0.25) is 5.02 Å². The average molecular weight is 398 g/mol. The SMILES string of the molecule is O=C(Nc1cc(C(F)(F)F)ccc1Cl)c1cncc(C(=O)N2CCCC2)c1. The van der Waals surface area contributed by atoms with E-state index in [1.54, 1.807) is 4.90 Å². The standard InChI is InChI=1S/C18H15ClF3N3O2/c19-14-4-3-13(18(20,21)22)8-15(14)24-16(26)11-7-12(10-23-9-11)17(27)25-5-1-2-6-25/h3-4,7-10H,1-2,5-6H2,(H,24,26). The monoisotopic (exact) mass is 397 g/mol. The van der Waals surface area contributed by atoms with Crippen molar-refractivity contribution in [2.75, 3.05) is 18.4 Å². The Balaban J connectivity index is 1.81. The average Bonchev–Trinajstić information content (AvgIpc) is 3.16. The van der Waals surface area contributed by atoms with E-state index >= 15 is 0 Å². The quantitative estimate of drug-likeness (QED) is 0.842. The fraction of sp³-hybridized carbons (Fsp3) is 0.278. The molecule has 3 rings (SSSR count). The van der Waals surface area contributed by atoms with Crippen molar-refractivity contribution < 1.29 is 22.8 Å². The molecule has 1 N–H and O–H groups in total. The first kappa shape index (κ1) is 19.2. The van der Waals surface area contributed by atoms with Gasteiger partial charge in [-0.1, -0.05) is 11.6 Å². The van der Waals surface area contributed by atoms with E-state index in [0.29, 0.717) is 13.1 Å². The maximum Gasteiger partial charge on any atom is 0.416 e. The molecule has 0 aliphatic carbocycles. The lowest BCUT2D eigenvalue weighted by molar-refractivity contribution is -0.137. The number of carbonyl (C=O) groups excluding carboxylic acids is 2. The first-order valence-electron chi connectivity index (χ1n) is 8.18. The summed E-state index contributed by atoms with van der Waals surface area (Å²) in [6, 6.07) is 4.01. The van der Waals surface area contributed by atoms with Crippen LogP contribution in [0, 0.1) is 0 Å². The topological polar surface area (TPSA) is 62.3 Å². The number of pyridine rings is 1. The third-order valence-corrected chi connectivity index (χ3v) is 4.51. The minimum absolute atomic E-state index is 0.0337. The number of anilines is 1. The van der Waals surface area contributed by atoms with Crippen LogP contribution >= 0.6 is 11.6 Å². The zero-order valence-corrected chi connectivity index (χ0v) is 14.8. The van der Waals surface area contributed by atoms with Crippen molar-refractivity contribution in [1.82, 2.24) is 9.88 Å². The van der Waals surface area contributed by atoms with E-state index in [0.717, 1.165) is 31.0 Å². The van der Waals surface area contributed by atoms with E-state index in [1.165, 1.54) is 18.5 Å². The van der Waals surface area contributed by atoms with Crippen LogP contribution in [0.25, 0.3) is 0 Å². The number of amides is 2. The minimum atomic E-state index is -4.56. The van der Waals surface area contributed by atoms with E-state index in [1.807, 2.05) is 0 Å². The molecule has 1 aromatic heterocycles. The molecule has 1 aliphatic rings. The van der Waals surface area contributed by atoms with Crippen LogP contribution in [0.15, 0.2) is 36.7 Å². The summed E-state index contributed by atoms with van der Waals surface area (Å²) >= 11 is 5.89. The van der Waals surface area contributed by atoms with Gasteiger partial charge >= 0.3 is 6.18 Å². The summed E-state index contributed by atoms with van der Waals surface area (Å²) in [7, 11) is 0. The Morgan fingerprint density at radius 1 is 1.07 bits per heavy atom. The highest BCUT2D eigenvalue weighted by atomic mass is 35.5. The van der Waals surface area contributed by atoms with Crippen LogP contribution in [-0.2, 0) is 6.18 Å². The van der Waals surface area contributed by atoms with Gasteiger partial charge in [0.05, 0.1) is 27.4 Å². The Labute approximate surface area is 158 Å². The van der Waals surface area contributed by atoms with Gasteiger partial charge in [0.2, 0.25) is 0 Å². The molecule has 27 heavy (non-hydrogen) atoms. The Hall–Kier alpha value is -2.61. The number of aromatic nitrogens is 1. The maximum atomic E-state index is 12.8. The van der Waals surface area contributed by atoms with Gasteiger partial charge in [0.25, 0.3) is 11.8 Å². The van der Waals surface area contributed by atoms with Crippen LogP contribution < -0.4 is 5.32 Å². The third kappa shape index (κ3) is 4.39. The van der Waals surface area contributed by atoms with Gasteiger partial charge in [-0.15, -0.1) is 0 Å². The summed E-state index contributed by atoms with van der Waals surface area (Å²) in [5.74, 6) is -0.938. The van der Waals surface area contributed by atoms with Crippen LogP contribution in [0.5, 0.6) is 0 Å². The zero-order chi connectivity index (χ0) is 19.6. The molecule has 142 valence electrons. The Morgan fingerprint density at radius 3 is 2.41 bits per heavy atom. The number of benzene rings is 1. The summed E-state index contributed by atoms with van der Waals surface area (Å²) in [5, 5.41) is 2.31. The van der Waals surface area contributed by atoms with Crippen molar-refractivity contribution in [3.63, 3.8) is 0 Å². The van der Waals surface area contributed by atoms with Gasteiger partial charge in [-0.3, -0.25) is 14.6 Å². The summed E-state index contributed by atoms with van der Waals surface area (Å²) in [6.45, 7) is 1.30. The van der Waals surface area contributed by atoms with Crippen LogP contribution in [0.1, 0.15) is 39.1 Å². The number of hydrogen-bond acceptors (Lipinski definition) is 3. The molecule has 0 bridgehead atoms. The highest BCUT2D eigenvalue weighted by molar-refractivity contribution is 6.34. The van der Waals surface area contributed by atoms with E-state index < -0.39 is 17.6 Å². The van der Waals surface area contributed by atoms with E-state index in [4.69, 9.17) is 11.6 Å². The molecule has 2 amide bonds. The second-order valence-corrected chi connectivity index (χ2v) is 6.52. The maximum absolute atomic E-state index is 12.8. The van der Waals surface area contributed by atoms with Crippen molar-refractivity contribution in [2.24, 2.45) is 0 Å². The van der Waals surface area contributed by atoms with Gasteiger partial charge in [-0.25, -0.2) is 0 Å². The lowest BCUT2D eigenvalue weighted by Gasteiger charge is -2.15. The van der Waals surface area contributed by atoms with Crippen LogP contribution in [-0.4, -0.2) is 34.8 Å². The number of nitrogens with zero attached hydrogens (tertiary/aromatic N) is 2. The molecule has 1 saturated heterocycles. The number of rotatable bonds is 3. The summed E-state index contributed by atoms with van der Waals surface area (Å²) in [6.07, 6.45) is -0.124. The molecule has 0 unspecified atom stereocenters. The van der Waals surface area contributed by atoms with Gasteiger partial charge in [0.1, 0.15) is 0 Å². The van der Waals surface area contributed by atoms with Crippen molar-refractivity contribution in [2.45, 2.75) is 19.0 Å². The van der Waals surface area contributed by atoms with E-state index in [-0.39, 0.29) is 27.7 Å². The largest absolute Gasteiger partial charge is 0.416 e. The molecule has 0 radical (unpaired) electrons. The van der Waals surface area contributed by atoms with Crippen molar-refractivity contribution in [1.29, 1.82) is 0 Å². The molecule has 1 fully saturated rings. The van der Waals surface area contributed by atoms with Crippen LogP contribution in [0.3, 0.4) is 0 Å². The Bertz CT molecular complexity index is 880. The summed E-state index contributed by atoms with van der Waals surface area (Å²) < 4.78 is 38.5. The fourth-order valence-electron chi connectivity index (χ4n) is 2.78. The molecule has 2 aromatic rings. The minimum Gasteiger partial charge on any atom is -0.339 e.